The van der Waals surface area contributed by atoms with Gasteiger partial charge in [0.25, 0.3) is 0 Å². The molecule has 1 heterocycles. The van der Waals surface area contributed by atoms with E-state index in [4.69, 9.17) is 25.8 Å². The second-order valence-electron chi connectivity index (χ2n) is 13.6. The maximum Gasteiger partial charge on any atom is 0.343 e. The van der Waals surface area contributed by atoms with Gasteiger partial charge in [-0.05, 0) is 106 Å². The highest BCUT2D eigenvalue weighted by molar-refractivity contribution is 6.30. The maximum absolute atomic E-state index is 13.1. The van der Waals surface area contributed by atoms with Crippen molar-refractivity contribution in [2.24, 2.45) is 11.8 Å². The summed E-state index contributed by atoms with van der Waals surface area (Å²) in [5, 5.41) is 23.1. The van der Waals surface area contributed by atoms with E-state index in [1.807, 2.05) is 12.1 Å². The number of aliphatic hydroxyl groups is 2. The van der Waals surface area contributed by atoms with Crippen molar-refractivity contribution in [1.29, 1.82) is 0 Å². The maximum atomic E-state index is 13.1. The number of halogens is 1. The van der Waals surface area contributed by atoms with Crippen molar-refractivity contribution in [3.8, 4) is 5.75 Å². The van der Waals surface area contributed by atoms with Crippen molar-refractivity contribution < 1.29 is 34.0 Å². The van der Waals surface area contributed by atoms with Crippen molar-refractivity contribution >= 4 is 29.2 Å². The minimum Gasteiger partial charge on any atom is -0.490 e. The summed E-state index contributed by atoms with van der Waals surface area (Å²) < 4.78 is 17.0. The lowest BCUT2D eigenvalue weighted by Gasteiger charge is -2.45. The lowest BCUT2D eigenvalue weighted by Crippen LogP contribution is -2.49. The Balaban J connectivity index is 1.57. The number of esters is 2. The van der Waals surface area contributed by atoms with Crippen LogP contribution in [0.5, 0.6) is 5.75 Å². The molecule has 1 saturated carbocycles. The van der Waals surface area contributed by atoms with Crippen molar-refractivity contribution in [2.45, 2.75) is 82.0 Å². The van der Waals surface area contributed by atoms with Crippen molar-refractivity contribution in [1.82, 2.24) is 0 Å². The van der Waals surface area contributed by atoms with Crippen LogP contribution in [-0.4, -0.2) is 60.7 Å². The first-order valence-corrected chi connectivity index (χ1v) is 15.8. The van der Waals surface area contributed by atoms with Gasteiger partial charge in [0.1, 0.15) is 11.4 Å². The predicted molar refractivity (Wildman–Crippen MR) is 169 cm³/mol. The molecule has 5 rings (SSSR count). The molecule has 9 heteroatoms. The highest BCUT2D eigenvalue weighted by atomic mass is 35.5. The van der Waals surface area contributed by atoms with Crippen LogP contribution in [0.2, 0.25) is 5.02 Å². The van der Waals surface area contributed by atoms with Gasteiger partial charge in [0.2, 0.25) is 0 Å². The number of hydrogen-bond acceptors (Lipinski definition) is 8. The molecule has 3 aliphatic rings. The average molecular weight is 626 g/mol. The third kappa shape index (κ3) is 6.35. The fraction of sp³-hybridized carbons (Fsp3) is 0.543. The second kappa shape index (κ2) is 12.4. The van der Waals surface area contributed by atoms with Gasteiger partial charge in [0, 0.05) is 23.5 Å². The minimum absolute atomic E-state index is 0.0934. The number of aliphatic hydroxyl groups excluding tert-OH is 1. The largest absolute Gasteiger partial charge is 0.490 e. The molecule has 0 bridgehead atoms. The number of carbonyl (C=O) groups excluding carboxylic acids is 2. The Labute approximate surface area is 264 Å². The molecule has 2 aliphatic carbocycles. The summed E-state index contributed by atoms with van der Waals surface area (Å²) in [5.74, 6) is -0.746. The molecule has 44 heavy (non-hydrogen) atoms. The number of aryl methyl sites for hydroxylation is 1. The molecular weight excluding hydrogens is 582 g/mol. The summed E-state index contributed by atoms with van der Waals surface area (Å²) in [4.78, 5) is 28.2. The van der Waals surface area contributed by atoms with Gasteiger partial charge < -0.3 is 29.3 Å². The minimum atomic E-state index is -2.27. The van der Waals surface area contributed by atoms with Crippen LogP contribution in [0.1, 0.15) is 69.6 Å². The van der Waals surface area contributed by atoms with E-state index in [0.717, 1.165) is 32.1 Å². The Kier molecular flexibility index (Phi) is 9.09. The summed E-state index contributed by atoms with van der Waals surface area (Å²) in [5.41, 5.74) is -0.0113. The van der Waals surface area contributed by atoms with Crippen LogP contribution in [0, 0.1) is 11.8 Å². The van der Waals surface area contributed by atoms with Gasteiger partial charge in [-0.25, -0.2) is 4.79 Å². The molecule has 0 radical (unpaired) electrons. The summed E-state index contributed by atoms with van der Waals surface area (Å²) in [6.45, 7) is 10.7. The van der Waals surface area contributed by atoms with Crippen LogP contribution in [0.4, 0.5) is 5.69 Å². The second-order valence-corrected chi connectivity index (χ2v) is 14.1. The molecule has 5 atom stereocenters. The summed E-state index contributed by atoms with van der Waals surface area (Å²) in [6.07, 6.45) is 5.15. The van der Waals surface area contributed by atoms with Crippen LogP contribution in [0.3, 0.4) is 0 Å². The highest BCUT2D eigenvalue weighted by Gasteiger charge is 2.46. The first-order valence-electron chi connectivity index (χ1n) is 15.4. The molecule has 0 amide bonds. The number of ether oxygens (including phenoxy) is 3. The Morgan fingerprint density at radius 2 is 2.00 bits per heavy atom. The normalized spacial score (nSPS) is 24.8. The van der Waals surface area contributed by atoms with Gasteiger partial charge in [-0.2, -0.15) is 0 Å². The zero-order valence-electron chi connectivity index (χ0n) is 26.1. The molecule has 0 aromatic heterocycles. The van der Waals surface area contributed by atoms with Crippen molar-refractivity contribution in [3.63, 3.8) is 0 Å². The zero-order chi connectivity index (χ0) is 31.9. The first-order chi connectivity index (χ1) is 20.8. The molecule has 2 N–H and O–H groups in total. The number of fused-ring (bicyclic) bond motifs is 3. The topological polar surface area (TPSA) is 106 Å². The van der Waals surface area contributed by atoms with E-state index in [9.17, 15) is 19.8 Å². The van der Waals surface area contributed by atoms with Gasteiger partial charge in [-0.3, -0.25) is 4.79 Å². The Hall–Kier alpha value is -3.07. The molecule has 1 aliphatic heterocycles. The average Bonchev–Trinajstić information content (AvgIpc) is 3.10. The van der Waals surface area contributed by atoms with E-state index >= 15 is 0 Å². The number of rotatable bonds is 8. The first kappa shape index (κ1) is 32.3. The van der Waals surface area contributed by atoms with E-state index in [0.29, 0.717) is 36.2 Å². The highest BCUT2D eigenvalue weighted by Crippen LogP contribution is 2.47. The quantitative estimate of drug-likeness (QED) is 0.294. The summed E-state index contributed by atoms with van der Waals surface area (Å²) >= 11 is 6.39. The Morgan fingerprint density at radius 1 is 1.23 bits per heavy atom. The van der Waals surface area contributed by atoms with Crippen LogP contribution in [0.15, 0.2) is 49.1 Å². The fourth-order valence-electron chi connectivity index (χ4n) is 7.15. The van der Waals surface area contributed by atoms with E-state index in [-0.39, 0.29) is 22.8 Å². The number of methoxy groups -OCH3 is 1. The van der Waals surface area contributed by atoms with Crippen molar-refractivity contribution in [3.05, 3.63) is 70.8 Å². The van der Waals surface area contributed by atoms with Gasteiger partial charge in [-0.1, -0.05) is 29.8 Å². The third-order valence-corrected chi connectivity index (χ3v) is 9.70. The molecule has 2 aromatic rings. The van der Waals surface area contributed by atoms with Crippen LogP contribution < -0.4 is 9.64 Å². The molecule has 1 fully saturated rings. The molecule has 8 nitrogen and oxygen atoms in total. The number of hydrogen-bond donors (Lipinski definition) is 2. The van der Waals surface area contributed by atoms with Gasteiger partial charge in [0.15, 0.2) is 5.60 Å². The Morgan fingerprint density at radius 3 is 2.66 bits per heavy atom. The van der Waals surface area contributed by atoms with Gasteiger partial charge in [-0.15, -0.1) is 6.58 Å². The molecule has 1 spiro atoms. The Bertz CT molecular complexity index is 1420. The lowest BCUT2D eigenvalue weighted by molar-refractivity contribution is -0.175. The summed E-state index contributed by atoms with van der Waals surface area (Å²) in [7, 11) is 1.18. The standard InChI is InChI=1S/C35H44ClNO7/c1-6-29(38)26-12-9-23(26)19-37-20-34(15-7-8-22-16-25(36)11-13-27(22)34)21-43-30-14-10-24(17-28(30)37)35(41,32(40)42-5)18-31(39)44-33(2,3)4/h6,10-11,13-14,16-17,23,26,29,38,41H,1,7-9,12,15,18-21H2,2-5H3/t23-,26+,29-,34-,35-/m0/s1. The smallest absolute Gasteiger partial charge is 0.343 e. The van der Waals surface area contributed by atoms with Crippen LogP contribution >= 0.6 is 11.6 Å². The fourth-order valence-corrected chi connectivity index (χ4v) is 7.34. The number of anilines is 1. The lowest BCUT2D eigenvalue weighted by atomic mass is 9.68. The molecule has 238 valence electrons. The third-order valence-electron chi connectivity index (χ3n) is 9.47. The van der Waals surface area contributed by atoms with Crippen LogP contribution in [-0.2, 0) is 36.5 Å². The predicted octanol–water partition coefficient (Wildman–Crippen LogP) is 5.48. The molecule has 2 aromatic carbocycles. The summed E-state index contributed by atoms with van der Waals surface area (Å²) in [6, 6.07) is 11.2. The number of nitrogens with zero attached hydrogens (tertiary/aromatic N) is 1. The van der Waals surface area contributed by atoms with E-state index in [2.05, 4.69) is 17.5 Å². The molecule has 0 unspecified atom stereocenters. The van der Waals surface area contributed by atoms with Crippen LogP contribution in [0.25, 0.3) is 0 Å². The zero-order valence-corrected chi connectivity index (χ0v) is 26.9. The molecule has 0 saturated heterocycles. The molecular formula is C35H44ClNO7. The van der Waals surface area contributed by atoms with E-state index in [1.165, 1.54) is 18.2 Å². The number of benzene rings is 2. The monoisotopic (exact) mass is 625 g/mol. The number of carbonyl (C=O) groups is 2. The van der Waals surface area contributed by atoms with E-state index in [1.54, 1.807) is 45.0 Å². The SMILES string of the molecule is C=C[C@H](O)[C@@H]1CC[C@H]1CN1C[C@@]2(CCCc3cc(Cl)ccc32)COc2ccc([C@@](O)(CC(=O)OC(C)(C)C)C(=O)OC)cc21. The van der Waals surface area contributed by atoms with Gasteiger partial charge >= 0.3 is 11.9 Å². The van der Waals surface area contributed by atoms with E-state index < -0.39 is 35.7 Å². The van der Waals surface area contributed by atoms with Gasteiger partial charge in [0.05, 0.1) is 31.9 Å². The van der Waals surface area contributed by atoms with Crippen molar-refractivity contribution in [2.75, 3.05) is 31.7 Å².